The Morgan fingerprint density at radius 2 is 1.80 bits per heavy atom. The van der Waals surface area contributed by atoms with Crippen molar-refractivity contribution in [2.45, 2.75) is 36.9 Å². The van der Waals surface area contributed by atoms with E-state index in [1.165, 1.54) is 4.90 Å². The van der Waals surface area contributed by atoms with Gasteiger partial charge >= 0.3 is 0 Å². The number of phenolic OH excluding ortho intramolecular Hbond substituents is 1. The average molecular weight is 570 g/mol. The molecule has 5 rings (SSSR count). The van der Waals surface area contributed by atoms with Crippen molar-refractivity contribution in [2.24, 2.45) is 17.6 Å². The van der Waals surface area contributed by atoms with Crippen LogP contribution in [0.1, 0.15) is 28.8 Å². The summed E-state index contributed by atoms with van der Waals surface area (Å²) < 4.78 is 0. The third kappa shape index (κ3) is 3.94. The van der Waals surface area contributed by atoms with E-state index < -0.39 is 63.8 Å². The zero-order valence-electron chi connectivity index (χ0n) is 23.6. The summed E-state index contributed by atoms with van der Waals surface area (Å²) in [6.45, 7) is 0.756. The van der Waals surface area contributed by atoms with E-state index in [2.05, 4.69) is 5.32 Å². The summed E-state index contributed by atoms with van der Waals surface area (Å²) in [4.78, 5) is 57.6. The number of aromatic hydroxyl groups is 1. The minimum absolute atomic E-state index is 0.00804. The number of nitrogens with one attached hydrogen (secondary N) is 1. The Morgan fingerprint density at radius 1 is 1.15 bits per heavy atom. The number of phenols is 1. The van der Waals surface area contributed by atoms with Crippen LogP contribution in [-0.4, -0.2) is 113 Å². The number of ketones is 2. The SMILES string of the molecule is CN(C)c1cc(NC(=O)[C@@H]2CCN2C)c(O)c2c1C[C@H]1C[C@H]3[C@H](N(C)C)C(O)=C(C(N)=O)C(=O)[C@@]3(O)C(O)=C1C2=O. The molecule has 1 aromatic rings. The molecule has 41 heavy (non-hydrogen) atoms. The predicted octanol–water partition coefficient (Wildman–Crippen LogP) is -0.171. The van der Waals surface area contributed by atoms with Crippen molar-refractivity contribution in [3.8, 4) is 5.75 Å². The van der Waals surface area contributed by atoms with Crippen LogP contribution in [0.3, 0.4) is 0 Å². The molecule has 220 valence electrons. The smallest absolute Gasteiger partial charge is 0.255 e. The van der Waals surface area contributed by atoms with Crippen molar-refractivity contribution in [2.75, 3.05) is 52.0 Å². The lowest BCUT2D eigenvalue weighted by Crippen LogP contribution is -2.63. The first-order valence-corrected chi connectivity index (χ1v) is 13.3. The first-order valence-electron chi connectivity index (χ1n) is 13.3. The van der Waals surface area contributed by atoms with Crippen LogP contribution in [0.5, 0.6) is 5.75 Å². The van der Waals surface area contributed by atoms with Gasteiger partial charge in [0.2, 0.25) is 11.7 Å². The summed E-state index contributed by atoms with van der Waals surface area (Å²) in [6.07, 6.45) is 0.788. The van der Waals surface area contributed by atoms with Crippen LogP contribution in [0.2, 0.25) is 0 Å². The number of rotatable bonds is 5. The van der Waals surface area contributed by atoms with Gasteiger partial charge in [-0.15, -0.1) is 0 Å². The van der Waals surface area contributed by atoms with Gasteiger partial charge < -0.3 is 36.4 Å². The monoisotopic (exact) mass is 569 g/mol. The van der Waals surface area contributed by atoms with Gasteiger partial charge in [-0.25, -0.2) is 0 Å². The number of carbonyl (C=O) groups excluding carboxylic acids is 4. The molecular weight excluding hydrogens is 534 g/mol. The first-order chi connectivity index (χ1) is 19.1. The Hall–Kier alpha value is -3.94. The summed E-state index contributed by atoms with van der Waals surface area (Å²) in [6, 6.07) is 0.145. The minimum Gasteiger partial charge on any atom is -0.510 e. The third-order valence-corrected chi connectivity index (χ3v) is 9.03. The van der Waals surface area contributed by atoms with E-state index >= 15 is 0 Å². The number of nitrogens with two attached hydrogens (primary N) is 1. The number of likely N-dealkylation sites (N-methyl/N-ethyl adjacent to an activating group) is 2. The molecule has 0 bridgehead atoms. The number of hydrogen-bond donors (Lipinski definition) is 6. The fourth-order valence-electron chi connectivity index (χ4n) is 6.86. The average Bonchev–Trinajstić information content (AvgIpc) is 2.86. The highest BCUT2D eigenvalue weighted by molar-refractivity contribution is 6.25. The van der Waals surface area contributed by atoms with Crippen molar-refractivity contribution < 1.29 is 39.6 Å². The Morgan fingerprint density at radius 3 is 2.32 bits per heavy atom. The maximum absolute atomic E-state index is 14.1. The zero-order chi connectivity index (χ0) is 30.3. The Balaban J connectivity index is 1.67. The number of allylic oxidation sites excluding steroid dienone is 1. The summed E-state index contributed by atoms with van der Waals surface area (Å²) in [7, 11) is 8.46. The lowest BCUT2D eigenvalue weighted by atomic mass is 9.58. The number of fused-ring (bicyclic) bond motifs is 3. The molecule has 4 aliphatic rings. The van der Waals surface area contributed by atoms with Gasteiger partial charge in [0, 0.05) is 37.8 Å². The number of nitrogens with zero attached hydrogens (tertiary/aromatic N) is 3. The number of hydrogen-bond acceptors (Lipinski definition) is 11. The molecule has 1 heterocycles. The van der Waals surface area contributed by atoms with Gasteiger partial charge in [0.25, 0.3) is 5.91 Å². The molecule has 13 heteroatoms. The van der Waals surface area contributed by atoms with E-state index in [-0.39, 0.29) is 41.6 Å². The van der Waals surface area contributed by atoms with E-state index in [4.69, 9.17) is 5.73 Å². The molecule has 1 aromatic carbocycles. The molecule has 7 N–H and O–H groups in total. The molecule has 5 atom stereocenters. The molecule has 0 radical (unpaired) electrons. The summed E-state index contributed by atoms with van der Waals surface area (Å²) in [5, 5.41) is 48.1. The zero-order valence-corrected chi connectivity index (χ0v) is 23.6. The lowest BCUT2D eigenvalue weighted by Gasteiger charge is -2.50. The largest absolute Gasteiger partial charge is 0.510 e. The molecule has 0 aromatic heterocycles. The highest BCUT2D eigenvalue weighted by atomic mass is 16.3. The molecule has 2 amide bonds. The van der Waals surface area contributed by atoms with Crippen LogP contribution in [-0.2, 0) is 20.8 Å². The molecular formula is C28H35N5O8. The number of aliphatic hydroxyl groups excluding tert-OH is 2. The van der Waals surface area contributed by atoms with Gasteiger partial charge in [0.05, 0.1) is 23.3 Å². The number of amides is 2. The van der Waals surface area contributed by atoms with Crippen molar-refractivity contribution in [1.82, 2.24) is 9.80 Å². The quantitative estimate of drug-likeness (QED) is 0.203. The molecule has 1 aliphatic heterocycles. The molecule has 13 nitrogen and oxygen atoms in total. The summed E-state index contributed by atoms with van der Waals surface area (Å²) in [5.41, 5.74) is 2.44. The normalized spacial score (nSPS) is 29.5. The third-order valence-electron chi connectivity index (χ3n) is 9.03. The van der Waals surface area contributed by atoms with Crippen LogP contribution in [0.25, 0.3) is 0 Å². The van der Waals surface area contributed by atoms with E-state index in [1.807, 2.05) is 4.90 Å². The predicted molar refractivity (Wildman–Crippen MR) is 148 cm³/mol. The minimum atomic E-state index is -2.72. The van der Waals surface area contributed by atoms with E-state index in [0.29, 0.717) is 17.7 Å². The highest BCUT2D eigenvalue weighted by Crippen LogP contribution is 2.54. The fraction of sp³-hybridized carbons (Fsp3) is 0.500. The van der Waals surface area contributed by atoms with E-state index in [9.17, 15) is 39.6 Å². The number of likely N-dealkylation sites (tertiary alicyclic amines) is 1. The van der Waals surface area contributed by atoms with E-state index in [1.54, 1.807) is 46.2 Å². The molecule has 3 aliphatic carbocycles. The molecule has 0 spiro atoms. The number of carbonyl (C=O) groups is 4. The Kier molecular flexibility index (Phi) is 6.67. The van der Waals surface area contributed by atoms with Crippen molar-refractivity contribution in [3.63, 3.8) is 0 Å². The number of primary amides is 1. The second-order valence-corrected chi connectivity index (χ2v) is 11.8. The van der Waals surface area contributed by atoms with Crippen molar-refractivity contribution >= 4 is 34.8 Å². The first kappa shape index (κ1) is 28.6. The molecule has 1 fully saturated rings. The summed E-state index contributed by atoms with van der Waals surface area (Å²) in [5.74, 6) is -7.58. The van der Waals surface area contributed by atoms with Crippen LogP contribution in [0.4, 0.5) is 11.4 Å². The van der Waals surface area contributed by atoms with Crippen LogP contribution >= 0.6 is 0 Å². The number of anilines is 2. The highest BCUT2D eigenvalue weighted by Gasteiger charge is 2.63. The molecule has 0 saturated carbocycles. The van der Waals surface area contributed by atoms with Gasteiger partial charge in [-0.1, -0.05) is 0 Å². The van der Waals surface area contributed by atoms with Crippen molar-refractivity contribution in [1.29, 1.82) is 0 Å². The second kappa shape index (κ2) is 9.57. The topological polar surface area (TPSA) is 197 Å². The van der Waals surface area contributed by atoms with Gasteiger partial charge in [-0.3, -0.25) is 29.0 Å². The molecule has 1 saturated heterocycles. The van der Waals surface area contributed by atoms with Gasteiger partial charge in [-0.2, -0.15) is 0 Å². The standard InChI is InChI=1S/C28H35N5O8/c1-31(2)16-10-14(30-27(40)15-6-7-33(15)5)21(34)18-12(16)8-11-9-13-20(32(3)4)23(36)19(26(29)39)25(38)28(13,41)24(37)17(11)22(18)35/h10-11,13,15,20,34,36-37,41H,6-9H2,1-5H3,(H2,29,39)(H,30,40)/t11-,13-,15-,20-,28-/m0/s1. The Labute approximate surface area is 236 Å². The number of aliphatic hydroxyl groups is 3. The summed E-state index contributed by atoms with van der Waals surface area (Å²) >= 11 is 0. The maximum atomic E-state index is 14.1. The maximum Gasteiger partial charge on any atom is 0.255 e. The van der Waals surface area contributed by atoms with Gasteiger partial charge in [-0.05, 0) is 58.0 Å². The number of benzene rings is 1. The van der Waals surface area contributed by atoms with Gasteiger partial charge in [0.15, 0.2) is 17.1 Å². The molecule has 0 unspecified atom stereocenters. The van der Waals surface area contributed by atoms with Crippen LogP contribution in [0, 0.1) is 11.8 Å². The lowest BCUT2D eigenvalue weighted by molar-refractivity contribution is -0.148. The fourth-order valence-corrected chi connectivity index (χ4v) is 6.86. The van der Waals surface area contributed by atoms with E-state index in [0.717, 1.165) is 6.54 Å². The van der Waals surface area contributed by atoms with Crippen LogP contribution < -0.4 is 16.0 Å². The van der Waals surface area contributed by atoms with Crippen LogP contribution in [0.15, 0.2) is 28.7 Å². The number of Topliss-reactive ketones (excluding diaryl/α,β-unsaturated/α-hetero) is 2. The van der Waals surface area contributed by atoms with Gasteiger partial charge in [0.1, 0.15) is 17.1 Å². The Bertz CT molecular complexity index is 1460. The van der Waals surface area contributed by atoms with Crippen molar-refractivity contribution in [3.05, 3.63) is 39.9 Å². The second-order valence-electron chi connectivity index (χ2n) is 11.8.